The molecule has 9 nitrogen and oxygen atoms in total. The molecule has 2 aromatic rings. The van der Waals surface area contributed by atoms with Crippen LogP contribution in [0.3, 0.4) is 0 Å². The minimum absolute atomic E-state index is 0.164. The van der Waals surface area contributed by atoms with E-state index < -0.39 is 5.91 Å². The van der Waals surface area contributed by atoms with Crippen molar-refractivity contribution in [2.45, 2.75) is 13.5 Å². The molecule has 9 heteroatoms. The second-order valence-corrected chi connectivity index (χ2v) is 5.78. The van der Waals surface area contributed by atoms with Crippen LogP contribution in [0.1, 0.15) is 21.8 Å². The third-order valence-electron chi connectivity index (χ3n) is 3.83. The van der Waals surface area contributed by atoms with Crippen molar-refractivity contribution in [3.05, 3.63) is 35.2 Å². The first-order valence-electron chi connectivity index (χ1n) is 8.14. The first-order valence-corrected chi connectivity index (χ1v) is 8.14. The lowest BCUT2D eigenvalue weighted by molar-refractivity contribution is -0.129. The van der Waals surface area contributed by atoms with Gasteiger partial charge in [0.1, 0.15) is 11.5 Å². The van der Waals surface area contributed by atoms with E-state index in [4.69, 9.17) is 18.7 Å². The summed E-state index contributed by atoms with van der Waals surface area (Å²) in [5.41, 5.74) is 0.923. The predicted molar refractivity (Wildman–Crippen MR) is 96.1 cm³/mol. The van der Waals surface area contributed by atoms with Gasteiger partial charge in [-0.15, -0.1) is 0 Å². The van der Waals surface area contributed by atoms with Gasteiger partial charge in [0.25, 0.3) is 5.91 Å². The zero-order valence-corrected chi connectivity index (χ0v) is 16.0. The molecule has 0 spiro atoms. The second-order valence-electron chi connectivity index (χ2n) is 5.78. The Kier molecular flexibility index (Phi) is 6.64. The fourth-order valence-electron chi connectivity index (χ4n) is 2.43. The summed E-state index contributed by atoms with van der Waals surface area (Å²) < 4.78 is 20.6. The van der Waals surface area contributed by atoms with E-state index in [0.29, 0.717) is 28.7 Å². The van der Waals surface area contributed by atoms with Gasteiger partial charge in [-0.05, 0) is 19.1 Å². The normalized spacial score (nSPS) is 10.3. The summed E-state index contributed by atoms with van der Waals surface area (Å²) in [6.07, 6.45) is 0. The Morgan fingerprint density at radius 3 is 2.22 bits per heavy atom. The third kappa shape index (κ3) is 4.90. The van der Waals surface area contributed by atoms with Crippen molar-refractivity contribution in [2.75, 3.05) is 34.9 Å². The maximum atomic E-state index is 12.4. The second kappa shape index (κ2) is 8.93. The zero-order valence-electron chi connectivity index (χ0n) is 16.0. The molecule has 0 radical (unpaired) electrons. The van der Waals surface area contributed by atoms with Crippen LogP contribution in [0.4, 0.5) is 0 Å². The SMILES string of the molecule is COc1cc(C(=O)NCC(=O)N(C)Cc2cc(C)on2)cc(OC)c1OC. The van der Waals surface area contributed by atoms with Crippen molar-refractivity contribution in [2.24, 2.45) is 0 Å². The van der Waals surface area contributed by atoms with E-state index in [-0.39, 0.29) is 24.6 Å². The fourth-order valence-corrected chi connectivity index (χ4v) is 2.43. The smallest absolute Gasteiger partial charge is 0.251 e. The largest absolute Gasteiger partial charge is 0.493 e. The van der Waals surface area contributed by atoms with Crippen molar-refractivity contribution < 1.29 is 28.3 Å². The summed E-state index contributed by atoms with van der Waals surface area (Å²) in [5, 5.41) is 6.42. The fraction of sp³-hybridized carbons (Fsp3) is 0.389. The highest BCUT2D eigenvalue weighted by Crippen LogP contribution is 2.38. The molecule has 1 heterocycles. The first-order chi connectivity index (χ1) is 12.9. The molecule has 0 atom stereocenters. The Bertz CT molecular complexity index is 792. The molecule has 1 aromatic heterocycles. The van der Waals surface area contributed by atoms with Crippen LogP contribution in [0.2, 0.25) is 0 Å². The highest BCUT2D eigenvalue weighted by Gasteiger charge is 2.18. The number of aryl methyl sites for hydroxylation is 1. The molecule has 1 aromatic carbocycles. The van der Waals surface area contributed by atoms with Gasteiger partial charge in [0, 0.05) is 18.7 Å². The van der Waals surface area contributed by atoms with Crippen molar-refractivity contribution in [1.82, 2.24) is 15.4 Å². The van der Waals surface area contributed by atoms with Gasteiger partial charge in [0.2, 0.25) is 11.7 Å². The van der Waals surface area contributed by atoms with Gasteiger partial charge in [-0.2, -0.15) is 0 Å². The Morgan fingerprint density at radius 1 is 1.11 bits per heavy atom. The molecule has 2 amide bonds. The summed E-state index contributed by atoms with van der Waals surface area (Å²) in [6, 6.07) is 4.78. The molecule has 0 unspecified atom stereocenters. The van der Waals surface area contributed by atoms with E-state index in [1.54, 1.807) is 20.0 Å². The number of hydrogen-bond acceptors (Lipinski definition) is 7. The van der Waals surface area contributed by atoms with Crippen LogP contribution >= 0.6 is 0 Å². The molecule has 2 rings (SSSR count). The van der Waals surface area contributed by atoms with E-state index in [1.807, 2.05) is 0 Å². The van der Waals surface area contributed by atoms with Gasteiger partial charge >= 0.3 is 0 Å². The van der Waals surface area contributed by atoms with E-state index in [2.05, 4.69) is 10.5 Å². The standard InChI is InChI=1S/C18H23N3O6/c1-11-6-13(20-27-11)10-21(2)16(22)9-19-18(23)12-7-14(24-3)17(26-5)15(8-12)25-4/h6-8H,9-10H2,1-5H3,(H,19,23). The average Bonchev–Trinajstić information content (AvgIpc) is 3.08. The van der Waals surface area contributed by atoms with Crippen LogP contribution in [0.25, 0.3) is 0 Å². The number of carbonyl (C=O) groups excluding carboxylic acids is 2. The lowest BCUT2D eigenvalue weighted by Gasteiger charge is -2.17. The summed E-state index contributed by atoms with van der Waals surface area (Å²) >= 11 is 0. The number of benzene rings is 1. The van der Waals surface area contributed by atoms with E-state index in [0.717, 1.165) is 0 Å². The number of rotatable bonds is 8. The van der Waals surface area contributed by atoms with Crippen LogP contribution in [0, 0.1) is 6.92 Å². The van der Waals surface area contributed by atoms with Crippen LogP contribution in [0.5, 0.6) is 17.2 Å². The van der Waals surface area contributed by atoms with Crippen LogP contribution in [-0.4, -0.2) is 56.8 Å². The minimum atomic E-state index is -0.437. The molecule has 0 aliphatic carbocycles. The molecule has 27 heavy (non-hydrogen) atoms. The number of nitrogens with one attached hydrogen (secondary N) is 1. The molecule has 0 aliphatic rings. The molecule has 1 N–H and O–H groups in total. The monoisotopic (exact) mass is 377 g/mol. The lowest BCUT2D eigenvalue weighted by atomic mass is 10.1. The maximum Gasteiger partial charge on any atom is 0.251 e. The van der Waals surface area contributed by atoms with Gasteiger partial charge in [0.15, 0.2) is 11.5 Å². The highest BCUT2D eigenvalue weighted by molar-refractivity contribution is 5.97. The Morgan fingerprint density at radius 2 is 1.74 bits per heavy atom. The van der Waals surface area contributed by atoms with Crippen molar-refractivity contribution in [1.29, 1.82) is 0 Å². The van der Waals surface area contributed by atoms with Crippen LogP contribution < -0.4 is 19.5 Å². The number of nitrogens with zero attached hydrogens (tertiary/aromatic N) is 2. The predicted octanol–water partition coefficient (Wildman–Crippen LogP) is 1.40. The molecular formula is C18H23N3O6. The topological polar surface area (TPSA) is 103 Å². The molecule has 0 fully saturated rings. The molecule has 0 aliphatic heterocycles. The van der Waals surface area contributed by atoms with Crippen LogP contribution in [0.15, 0.2) is 22.7 Å². The van der Waals surface area contributed by atoms with Gasteiger partial charge in [-0.1, -0.05) is 5.16 Å². The average molecular weight is 377 g/mol. The van der Waals surface area contributed by atoms with Crippen molar-refractivity contribution >= 4 is 11.8 Å². The first kappa shape index (κ1) is 20.1. The van der Waals surface area contributed by atoms with E-state index in [9.17, 15) is 9.59 Å². The molecule has 0 saturated heterocycles. The van der Waals surface area contributed by atoms with Gasteiger partial charge in [-0.25, -0.2) is 0 Å². The van der Waals surface area contributed by atoms with Gasteiger partial charge in [0.05, 0.1) is 34.4 Å². The summed E-state index contributed by atoms with van der Waals surface area (Å²) in [7, 11) is 6.02. The summed E-state index contributed by atoms with van der Waals surface area (Å²) in [6.45, 7) is 1.90. The van der Waals surface area contributed by atoms with Gasteiger partial charge in [-0.3, -0.25) is 9.59 Å². The molecule has 0 saturated carbocycles. The quantitative estimate of drug-likeness (QED) is 0.741. The Hall–Kier alpha value is -3.23. The number of likely N-dealkylation sites (N-methyl/N-ethyl adjacent to an activating group) is 1. The zero-order chi connectivity index (χ0) is 20.0. The van der Waals surface area contributed by atoms with E-state index >= 15 is 0 Å². The maximum absolute atomic E-state index is 12.4. The molecule has 0 bridgehead atoms. The van der Waals surface area contributed by atoms with Crippen LogP contribution in [-0.2, 0) is 11.3 Å². The van der Waals surface area contributed by atoms with E-state index in [1.165, 1.54) is 38.4 Å². The number of amides is 2. The summed E-state index contributed by atoms with van der Waals surface area (Å²) in [4.78, 5) is 26.1. The van der Waals surface area contributed by atoms with Crippen molar-refractivity contribution in [3.63, 3.8) is 0 Å². The number of hydrogen-bond donors (Lipinski definition) is 1. The minimum Gasteiger partial charge on any atom is -0.493 e. The summed E-state index contributed by atoms with van der Waals surface area (Å²) in [5.74, 6) is 1.06. The Balaban J connectivity index is 2.01. The molecular weight excluding hydrogens is 354 g/mol. The Labute approximate surface area is 157 Å². The molecule has 146 valence electrons. The number of methoxy groups -OCH3 is 3. The number of ether oxygens (including phenoxy) is 3. The number of carbonyl (C=O) groups is 2. The lowest BCUT2D eigenvalue weighted by Crippen LogP contribution is -2.37. The third-order valence-corrected chi connectivity index (χ3v) is 3.83. The highest BCUT2D eigenvalue weighted by atomic mass is 16.5. The van der Waals surface area contributed by atoms with Gasteiger partial charge < -0.3 is 29.0 Å². The van der Waals surface area contributed by atoms with Crippen molar-refractivity contribution in [3.8, 4) is 17.2 Å². The number of aromatic nitrogens is 1.